The highest BCUT2D eigenvalue weighted by Gasteiger charge is 2.10. The number of unbranched alkanes of at least 4 members (excludes halogenated alkanes) is 3. The van der Waals surface area contributed by atoms with Crippen LogP contribution in [0, 0.1) is 12.3 Å². The Morgan fingerprint density at radius 1 is 1.29 bits per heavy atom. The van der Waals surface area contributed by atoms with Crippen molar-refractivity contribution in [1.82, 2.24) is 0 Å². The highest BCUT2D eigenvalue weighted by atomic mass is 16.3. The molecule has 85 valence electrons. The minimum absolute atomic E-state index is 0.200. The molecule has 0 aliphatic rings. The number of nitrogens with two attached hydrogens (primary N) is 1. The molecule has 0 saturated heterocycles. The molecule has 0 spiro atoms. The quantitative estimate of drug-likeness (QED) is 0.562. The second-order valence-electron chi connectivity index (χ2n) is 4.17. The van der Waals surface area contributed by atoms with Gasteiger partial charge in [-0.3, -0.25) is 0 Å². The molecule has 3 N–H and O–H groups in total. The first kappa shape index (κ1) is 13.9. The van der Waals surface area contributed by atoms with Crippen LogP contribution in [0.25, 0.3) is 0 Å². The van der Waals surface area contributed by atoms with Crippen molar-refractivity contribution in [2.45, 2.75) is 58.5 Å². The second-order valence-corrected chi connectivity index (χ2v) is 4.17. The molecule has 0 rings (SSSR count). The lowest BCUT2D eigenvalue weighted by Crippen LogP contribution is -2.15. The Morgan fingerprint density at radius 3 is 2.50 bits per heavy atom. The molecule has 0 aromatic rings. The lowest BCUT2D eigenvalue weighted by atomic mass is 9.92. The van der Waals surface area contributed by atoms with Crippen LogP contribution < -0.4 is 5.73 Å². The van der Waals surface area contributed by atoms with Crippen LogP contribution in [0.4, 0.5) is 0 Å². The first-order valence-electron chi connectivity index (χ1n) is 5.92. The van der Waals surface area contributed by atoms with Gasteiger partial charge in [0.15, 0.2) is 0 Å². The molecule has 0 fully saturated rings. The zero-order valence-corrected chi connectivity index (χ0v) is 9.71. The van der Waals surface area contributed by atoms with Crippen molar-refractivity contribution in [2.75, 3.05) is 6.54 Å². The topological polar surface area (TPSA) is 46.2 Å². The fourth-order valence-electron chi connectivity index (χ4n) is 1.80. The van der Waals surface area contributed by atoms with Crippen LogP contribution in [0.1, 0.15) is 52.4 Å². The van der Waals surface area contributed by atoms with Gasteiger partial charge in [-0.1, -0.05) is 39.0 Å². The Balaban J connectivity index is 3.51. The van der Waals surface area contributed by atoms with Gasteiger partial charge < -0.3 is 10.8 Å². The Bertz CT molecular complexity index is 115. The minimum atomic E-state index is -0.200. The summed E-state index contributed by atoms with van der Waals surface area (Å²) in [7, 11) is 0. The van der Waals surface area contributed by atoms with Gasteiger partial charge >= 0.3 is 0 Å². The van der Waals surface area contributed by atoms with Gasteiger partial charge in [0.25, 0.3) is 0 Å². The van der Waals surface area contributed by atoms with Gasteiger partial charge in [-0.05, 0) is 32.2 Å². The molecule has 2 unspecified atom stereocenters. The largest absolute Gasteiger partial charge is 0.393 e. The van der Waals surface area contributed by atoms with E-state index < -0.39 is 0 Å². The summed E-state index contributed by atoms with van der Waals surface area (Å²) in [6, 6.07) is 0. The molecule has 0 aliphatic heterocycles. The third kappa shape index (κ3) is 8.52. The molecule has 2 heteroatoms. The highest BCUT2D eigenvalue weighted by molar-refractivity contribution is 4.78. The molecule has 14 heavy (non-hydrogen) atoms. The summed E-state index contributed by atoms with van der Waals surface area (Å²) in [5, 5.41) is 9.29. The zero-order chi connectivity index (χ0) is 10.8. The number of hydrogen-bond acceptors (Lipinski definition) is 2. The molecule has 0 bridgehead atoms. The normalized spacial score (nSPS) is 15.4. The third-order valence-corrected chi connectivity index (χ3v) is 2.54. The fourth-order valence-corrected chi connectivity index (χ4v) is 1.80. The average Bonchev–Trinajstić information content (AvgIpc) is 2.12. The minimum Gasteiger partial charge on any atom is -0.393 e. The van der Waals surface area contributed by atoms with E-state index in [0.717, 1.165) is 6.42 Å². The lowest BCUT2D eigenvalue weighted by Gasteiger charge is -2.17. The van der Waals surface area contributed by atoms with Gasteiger partial charge in [-0.2, -0.15) is 0 Å². The number of hydrogen-bond donors (Lipinski definition) is 2. The van der Waals surface area contributed by atoms with E-state index in [2.05, 4.69) is 13.3 Å². The van der Waals surface area contributed by atoms with Crippen LogP contribution in [0.5, 0.6) is 0 Å². The van der Waals surface area contributed by atoms with Crippen LogP contribution >= 0.6 is 0 Å². The third-order valence-electron chi connectivity index (χ3n) is 2.54. The Kier molecular flexibility index (Phi) is 9.42. The van der Waals surface area contributed by atoms with Crippen molar-refractivity contribution >= 4 is 0 Å². The van der Waals surface area contributed by atoms with Crippen LogP contribution in [0.3, 0.4) is 0 Å². The summed E-state index contributed by atoms with van der Waals surface area (Å²) in [6.07, 6.45) is 9.16. The molecular weight excluding hydrogens is 174 g/mol. The lowest BCUT2D eigenvalue weighted by molar-refractivity contribution is 0.163. The molecule has 0 aliphatic carbocycles. The van der Waals surface area contributed by atoms with E-state index in [1.54, 1.807) is 0 Å². The van der Waals surface area contributed by atoms with Crippen molar-refractivity contribution in [3.63, 3.8) is 0 Å². The van der Waals surface area contributed by atoms with Crippen LogP contribution in [-0.4, -0.2) is 17.8 Å². The molecule has 0 aromatic heterocycles. The van der Waals surface area contributed by atoms with E-state index in [0.29, 0.717) is 12.5 Å². The smallest absolute Gasteiger partial charge is 0.0514 e. The maximum atomic E-state index is 9.29. The number of aliphatic hydroxyl groups excluding tert-OH is 1. The molecule has 1 radical (unpaired) electrons. The molecule has 2 nitrogen and oxygen atoms in total. The van der Waals surface area contributed by atoms with E-state index in [4.69, 9.17) is 5.73 Å². The van der Waals surface area contributed by atoms with Crippen LogP contribution in [0.15, 0.2) is 0 Å². The van der Waals surface area contributed by atoms with Crippen LogP contribution in [-0.2, 0) is 0 Å². The van der Waals surface area contributed by atoms with E-state index in [1.165, 1.54) is 32.1 Å². The molecule has 0 saturated carbocycles. The van der Waals surface area contributed by atoms with Crippen molar-refractivity contribution in [1.29, 1.82) is 0 Å². The van der Waals surface area contributed by atoms with Gasteiger partial charge in [0.1, 0.15) is 0 Å². The van der Waals surface area contributed by atoms with Crippen molar-refractivity contribution in [3.8, 4) is 0 Å². The number of aliphatic hydroxyl groups is 1. The maximum absolute atomic E-state index is 9.29. The van der Waals surface area contributed by atoms with E-state index in [-0.39, 0.29) is 6.10 Å². The predicted octanol–water partition coefficient (Wildman–Crippen LogP) is 2.51. The van der Waals surface area contributed by atoms with E-state index in [1.807, 2.05) is 6.92 Å². The summed E-state index contributed by atoms with van der Waals surface area (Å²) in [6.45, 7) is 4.70. The SMILES string of the molecule is CCCCCCC([CH]CN)CC(C)O. The number of rotatable bonds is 9. The standard InChI is InChI=1S/C12H26NO/c1-3-4-5-6-7-12(8-9-13)10-11(2)14/h8,11-12,14H,3-7,9-10,13H2,1-2H3. The Morgan fingerprint density at radius 2 is 2.00 bits per heavy atom. The van der Waals surface area contributed by atoms with Gasteiger partial charge in [0, 0.05) is 0 Å². The van der Waals surface area contributed by atoms with Crippen molar-refractivity contribution < 1.29 is 5.11 Å². The monoisotopic (exact) mass is 200 g/mol. The summed E-state index contributed by atoms with van der Waals surface area (Å²) in [5.41, 5.74) is 5.50. The first-order valence-corrected chi connectivity index (χ1v) is 5.92. The summed E-state index contributed by atoms with van der Waals surface area (Å²) < 4.78 is 0. The van der Waals surface area contributed by atoms with E-state index in [9.17, 15) is 5.11 Å². The predicted molar refractivity (Wildman–Crippen MR) is 61.9 cm³/mol. The summed E-state index contributed by atoms with van der Waals surface area (Å²) in [4.78, 5) is 0. The Hall–Kier alpha value is -0.0800. The first-order chi connectivity index (χ1) is 6.70. The van der Waals surface area contributed by atoms with Gasteiger partial charge in [0.2, 0.25) is 0 Å². The second kappa shape index (κ2) is 9.47. The average molecular weight is 200 g/mol. The Labute approximate surface area is 88.9 Å². The molecule has 0 aromatic carbocycles. The summed E-state index contributed by atoms with van der Waals surface area (Å²) in [5.74, 6) is 0.511. The maximum Gasteiger partial charge on any atom is 0.0514 e. The zero-order valence-electron chi connectivity index (χ0n) is 9.71. The van der Waals surface area contributed by atoms with Gasteiger partial charge in [-0.25, -0.2) is 0 Å². The van der Waals surface area contributed by atoms with E-state index >= 15 is 0 Å². The van der Waals surface area contributed by atoms with Crippen molar-refractivity contribution in [3.05, 3.63) is 6.42 Å². The molecular formula is C12H26NO. The fraction of sp³-hybridized carbons (Fsp3) is 0.917. The highest BCUT2D eigenvalue weighted by Crippen LogP contribution is 2.18. The molecule has 0 amide bonds. The summed E-state index contributed by atoms with van der Waals surface area (Å²) >= 11 is 0. The van der Waals surface area contributed by atoms with Crippen LogP contribution in [0.2, 0.25) is 0 Å². The molecule has 2 atom stereocenters. The van der Waals surface area contributed by atoms with Gasteiger partial charge in [0.05, 0.1) is 6.10 Å². The van der Waals surface area contributed by atoms with Gasteiger partial charge in [-0.15, -0.1) is 0 Å². The van der Waals surface area contributed by atoms with Crippen molar-refractivity contribution in [2.24, 2.45) is 11.7 Å². The molecule has 0 heterocycles.